The van der Waals surface area contributed by atoms with Crippen molar-refractivity contribution in [2.45, 2.75) is 45.1 Å². The molecule has 6 heteroatoms. The van der Waals surface area contributed by atoms with Crippen molar-refractivity contribution in [1.29, 1.82) is 0 Å². The maximum atomic E-state index is 13.5. The first-order chi connectivity index (χ1) is 15.2. The Bertz CT molecular complexity index is 1040. The number of ether oxygens (including phenoxy) is 2. The number of amides is 1. The number of rotatable bonds is 3. The van der Waals surface area contributed by atoms with Crippen LogP contribution in [0.25, 0.3) is 6.08 Å². The van der Waals surface area contributed by atoms with Crippen molar-refractivity contribution in [2.75, 3.05) is 13.2 Å². The minimum Gasteiger partial charge on any atom is -0.486 e. The first-order valence-corrected chi connectivity index (χ1v) is 11.8. The first kappa shape index (κ1) is 20.2. The van der Waals surface area contributed by atoms with Crippen LogP contribution in [-0.2, 0) is 4.79 Å². The summed E-state index contributed by atoms with van der Waals surface area (Å²) >= 11 is 1.47. The minimum absolute atomic E-state index is 0.0534. The monoisotopic (exact) mass is 434 g/mol. The van der Waals surface area contributed by atoms with Crippen LogP contribution in [-0.4, -0.2) is 35.2 Å². The Morgan fingerprint density at radius 2 is 1.74 bits per heavy atom. The van der Waals surface area contributed by atoms with Crippen molar-refractivity contribution >= 4 is 34.6 Å². The van der Waals surface area contributed by atoms with E-state index in [9.17, 15) is 4.79 Å². The summed E-state index contributed by atoms with van der Waals surface area (Å²) in [5.41, 5.74) is 3.00. The van der Waals surface area contributed by atoms with Gasteiger partial charge < -0.3 is 9.47 Å². The third-order valence-corrected chi connectivity index (χ3v) is 6.88. The van der Waals surface area contributed by atoms with Crippen LogP contribution in [0.2, 0.25) is 0 Å². The molecule has 0 radical (unpaired) electrons. The minimum atomic E-state index is 0.0534. The zero-order valence-electron chi connectivity index (χ0n) is 17.7. The lowest BCUT2D eigenvalue weighted by molar-refractivity contribution is -0.124. The average molecular weight is 435 g/mol. The highest BCUT2D eigenvalue weighted by atomic mass is 32.2. The molecule has 2 aromatic carbocycles. The Labute approximate surface area is 187 Å². The van der Waals surface area contributed by atoms with Gasteiger partial charge in [0.15, 0.2) is 16.7 Å². The van der Waals surface area contributed by atoms with E-state index < -0.39 is 0 Å². The molecule has 1 amide bonds. The van der Waals surface area contributed by atoms with Crippen molar-refractivity contribution in [3.8, 4) is 11.5 Å². The van der Waals surface area contributed by atoms with Crippen LogP contribution in [0.1, 0.15) is 43.2 Å². The highest BCUT2D eigenvalue weighted by Crippen LogP contribution is 2.39. The van der Waals surface area contributed by atoms with E-state index in [1.165, 1.54) is 23.7 Å². The number of fused-ring (bicyclic) bond motifs is 1. The summed E-state index contributed by atoms with van der Waals surface area (Å²) in [7, 11) is 0. The van der Waals surface area contributed by atoms with Crippen LogP contribution in [0.3, 0.4) is 0 Å². The van der Waals surface area contributed by atoms with E-state index in [0.717, 1.165) is 53.6 Å². The fourth-order valence-corrected chi connectivity index (χ4v) is 5.32. The number of amidine groups is 1. The molecule has 2 heterocycles. The molecule has 0 bridgehead atoms. The number of carbonyl (C=O) groups excluding carboxylic acids is 1. The van der Waals surface area contributed by atoms with Crippen LogP contribution in [0.15, 0.2) is 52.4 Å². The Balaban J connectivity index is 1.48. The topological polar surface area (TPSA) is 51.1 Å². The maximum absolute atomic E-state index is 13.5. The molecule has 2 aliphatic heterocycles. The highest BCUT2D eigenvalue weighted by Gasteiger charge is 2.38. The summed E-state index contributed by atoms with van der Waals surface area (Å²) in [5, 5.41) is 0.782. The molecule has 1 saturated heterocycles. The van der Waals surface area contributed by atoms with E-state index in [1.807, 2.05) is 41.3 Å². The molecular weight excluding hydrogens is 408 g/mol. The van der Waals surface area contributed by atoms with Crippen molar-refractivity contribution in [3.63, 3.8) is 0 Å². The van der Waals surface area contributed by atoms with Crippen LogP contribution in [0.5, 0.6) is 11.5 Å². The Kier molecular flexibility index (Phi) is 5.72. The molecule has 0 spiro atoms. The number of hydrogen-bond donors (Lipinski definition) is 0. The van der Waals surface area contributed by atoms with Gasteiger partial charge in [0.2, 0.25) is 0 Å². The molecule has 31 heavy (non-hydrogen) atoms. The quantitative estimate of drug-likeness (QED) is 0.581. The van der Waals surface area contributed by atoms with E-state index in [-0.39, 0.29) is 11.9 Å². The van der Waals surface area contributed by atoms with Gasteiger partial charge in [-0.15, -0.1) is 0 Å². The van der Waals surface area contributed by atoms with E-state index in [4.69, 9.17) is 14.5 Å². The van der Waals surface area contributed by atoms with Crippen LogP contribution in [0.4, 0.5) is 5.69 Å². The third-order valence-electron chi connectivity index (χ3n) is 5.90. The second-order valence-electron chi connectivity index (χ2n) is 8.21. The predicted octanol–water partition coefficient (Wildman–Crippen LogP) is 5.70. The number of thioether (sulfide) groups is 1. The number of carbonyl (C=O) groups is 1. The second-order valence-corrected chi connectivity index (χ2v) is 9.22. The normalized spacial score (nSPS) is 21.8. The molecule has 5 nitrogen and oxygen atoms in total. The molecule has 0 aromatic heterocycles. The molecule has 5 rings (SSSR count). The van der Waals surface area contributed by atoms with Crippen LogP contribution < -0.4 is 9.47 Å². The average Bonchev–Trinajstić information content (AvgIpc) is 3.10. The second kappa shape index (κ2) is 8.79. The van der Waals surface area contributed by atoms with Crippen molar-refractivity contribution in [2.24, 2.45) is 4.99 Å². The van der Waals surface area contributed by atoms with Crippen molar-refractivity contribution in [1.82, 2.24) is 4.90 Å². The zero-order valence-corrected chi connectivity index (χ0v) is 18.5. The van der Waals surface area contributed by atoms with Crippen molar-refractivity contribution in [3.05, 3.63) is 58.5 Å². The molecule has 3 aliphatic rings. The summed E-state index contributed by atoms with van der Waals surface area (Å²) < 4.78 is 11.3. The number of aryl methyl sites for hydroxylation is 1. The first-order valence-electron chi connectivity index (χ1n) is 11.0. The van der Waals surface area contributed by atoms with Gasteiger partial charge in [0, 0.05) is 6.04 Å². The predicted molar refractivity (Wildman–Crippen MR) is 125 cm³/mol. The molecular formula is C25H26N2O3S. The molecule has 0 N–H and O–H groups in total. The summed E-state index contributed by atoms with van der Waals surface area (Å²) in [6.07, 6.45) is 7.60. The number of hydrogen-bond acceptors (Lipinski definition) is 5. The van der Waals surface area contributed by atoms with Gasteiger partial charge in [-0.3, -0.25) is 9.69 Å². The lowest BCUT2D eigenvalue weighted by Crippen LogP contribution is -2.40. The van der Waals surface area contributed by atoms with Gasteiger partial charge >= 0.3 is 0 Å². The van der Waals surface area contributed by atoms with E-state index in [2.05, 4.69) is 19.1 Å². The molecule has 2 fully saturated rings. The zero-order chi connectivity index (χ0) is 21.2. The van der Waals surface area contributed by atoms with Gasteiger partial charge in [-0.1, -0.05) is 43.0 Å². The fourth-order valence-electron chi connectivity index (χ4n) is 4.26. The van der Waals surface area contributed by atoms with E-state index in [0.29, 0.717) is 18.1 Å². The number of aliphatic imine (C=N–C) groups is 1. The Morgan fingerprint density at radius 3 is 2.52 bits per heavy atom. The summed E-state index contributed by atoms with van der Waals surface area (Å²) in [4.78, 5) is 21.0. The molecule has 1 saturated carbocycles. The summed E-state index contributed by atoms with van der Waals surface area (Å²) in [5.74, 6) is 1.54. The summed E-state index contributed by atoms with van der Waals surface area (Å²) in [6.45, 7) is 3.17. The smallest absolute Gasteiger partial charge is 0.267 e. The van der Waals surface area contributed by atoms with Crippen LogP contribution >= 0.6 is 11.8 Å². The molecule has 2 aromatic rings. The number of benzene rings is 2. The third kappa shape index (κ3) is 4.35. The SMILES string of the molecule is Cc1ccc(/N=C2\S/C(=C\c3ccc4c(c3)OCCO4)C(=O)N2C2CCCCC2)cc1. The lowest BCUT2D eigenvalue weighted by atomic mass is 9.94. The molecule has 160 valence electrons. The van der Waals surface area contributed by atoms with Crippen LogP contribution in [0, 0.1) is 6.92 Å². The van der Waals surface area contributed by atoms with Gasteiger partial charge in [0.25, 0.3) is 5.91 Å². The Hall–Kier alpha value is -2.73. The highest BCUT2D eigenvalue weighted by molar-refractivity contribution is 8.18. The van der Waals surface area contributed by atoms with Crippen molar-refractivity contribution < 1.29 is 14.3 Å². The maximum Gasteiger partial charge on any atom is 0.267 e. The largest absolute Gasteiger partial charge is 0.486 e. The fraction of sp³-hybridized carbons (Fsp3) is 0.360. The van der Waals surface area contributed by atoms with Gasteiger partial charge in [0.05, 0.1) is 10.6 Å². The van der Waals surface area contributed by atoms with E-state index in [1.54, 1.807) is 0 Å². The molecule has 0 atom stereocenters. The van der Waals surface area contributed by atoms with Gasteiger partial charge in [-0.25, -0.2) is 4.99 Å². The van der Waals surface area contributed by atoms with Gasteiger partial charge in [0.1, 0.15) is 13.2 Å². The van der Waals surface area contributed by atoms with E-state index >= 15 is 0 Å². The molecule has 1 aliphatic carbocycles. The van der Waals surface area contributed by atoms with Gasteiger partial charge in [-0.05, 0) is 67.4 Å². The molecule has 0 unspecified atom stereocenters. The lowest BCUT2D eigenvalue weighted by Gasteiger charge is -2.30. The number of nitrogens with zero attached hydrogens (tertiary/aromatic N) is 2. The standard InChI is InChI=1S/C25H26N2O3S/c1-17-7-10-19(11-8-17)26-25-27(20-5-3-2-4-6-20)24(28)23(31-25)16-18-9-12-21-22(15-18)30-14-13-29-21/h7-12,15-16,20H,2-6,13-14H2,1H3/b23-16-,26-25-. The summed E-state index contributed by atoms with van der Waals surface area (Å²) in [6, 6.07) is 14.2. The Morgan fingerprint density at radius 1 is 1.00 bits per heavy atom. The van der Waals surface area contributed by atoms with Gasteiger partial charge in [-0.2, -0.15) is 0 Å².